The van der Waals surface area contributed by atoms with Crippen molar-refractivity contribution in [2.75, 3.05) is 6.61 Å². The molecule has 0 spiro atoms. The van der Waals surface area contributed by atoms with Crippen molar-refractivity contribution >= 4 is 35.1 Å². The van der Waals surface area contributed by atoms with Gasteiger partial charge in [0, 0.05) is 8.92 Å². The molecule has 12 heteroatoms. The monoisotopic (exact) mass is 562 g/mol. The summed E-state index contributed by atoms with van der Waals surface area (Å²) in [5, 5.41) is 17.5. The number of nitrogens with zero attached hydrogens (tertiary/aromatic N) is 4. The summed E-state index contributed by atoms with van der Waals surface area (Å²) in [7, 11) is 0. The van der Waals surface area contributed by atoms with Crippen molar-refractivity contribution in [1.82, 2.24) is 19.9 Å². The first kappa shape index (κ1) is 28.4. The second kappa shape index (κ2) is 12.4. The van der Waals surface area contributed by atoms with Gasteiger partial charge in [0.1, 0.15) is 10.3 Å². The second-order valence-electron chi connectivity index (χ2n) is 7.83. The van der Waals surface area contributed by atoms with Gasteiger partial charge in [0.2, 0.25) is 11.8 Å². The minimum atomic E-state index is -1.16. The second-order valence-corrected chi connectivity index (χ2v) is 8.55. The Morgan fingerprint density at radius 1 is 0.789 bits per heavy atom. The van der Waals surface area contributed by atoms with E-state index in [0.29, 0.717) is 40.8 Å². The molecule has 0 aliphatic rings. The molecule has 0 aromatic carbocycles. The van der Waals surface area contributed by atoms with Crippen LogP contribution in [0.4, 0.5) is 4.39 Å². The molecule has 0 aliphatic heterocycles. The molecule has 4 aromatic heterocycles. The van der Waals surface area contributed by atoms with Crippen molar-refractivity contribution in [3.8, 4) is 28.7 Å². The lowest BCUT2D eigenvalue weighted by Crippen LogP contribution is -2.01. The van der Waals surface area contributed by atoms with E-state index in [1.807, 2.05) is 26.0 Å². The smallest absolute Gasteiger partial charge is 0.338 e. The number of carboxylic acid groups (broad SMARTS) is 2. The molecule has 38 heavy (non-hydrogen) atoms. The molecular formula is C26H25Cl2FN4O5. The zero-order chi connectivity index (χ0) is 28.0. The van der Waals surface area contributed by atoms with E-state index in [9.17, 15) is 14.0 Å². The van der Waals surface area contributed by atoms with Crippen LogP contribution in [0.15, 0.2) is 48.5 Å². The third-order valence-electron chi connectivity index (χ3n) is 4.86. The number of hydrogen-bond acceptors (Lipinski definition) is 7. The van der Waals surface area contributed by atoms with E-state index < -0.39 is 17.9 Å². The lowest BCUT2D eigenvalue weighted by molar-refractivity contribution is 0.0685. The minimum absolute atomic E-state index is 0. The highest BCUT2D eigenvalue weighted by atomic mass is 35.5. The molecule has 0 saturated carbocycles. The molecule has 0 amide bonds. The maximum Gasteiger partial charge on any atom is 0.338 e. The highest BCUT2D eigenvalue weighted by molar-refractivity contribution is 6.32. The fraction of sp³-hybridized carbons (Fsp3) is 0.154. The van der Waals surface area contributed by atoms with Crippen LogP contribution in [0, 0.1) is 19.8 Å². The van der Waals surface area contributed by atoms with E-state index in [1.165, 1.54) is 24.3 Å². The Labute approximate surface area is 229 Å². The molecule has 4 heterocycles. The predicted molar refractivity (Wildman–Crippen MR) is 144 cm³/mol. The predicted octanol–water partition coefficient (Wildman–Crippen LogP) is 6.64. The van der Waals surface area contributed by atoms with Gasteiger partial charge in [0.05, 0.1) is 40.5 Å². The molecule has 200 valence electrons. The van der Waals surface area contributed by atoms with Crippen molar-refractivity contribution in [1.29, 1.82) is 0 Å². The van der Waals surface area contributed by atoms with Crippen LogP contribution in [-0.4, -0.2) is 48.7 Å². The van der Waals surface area contributed by atoms with E-state index in [0.717, 1.165) is 5.56 Å². The number of ether oxygens (including phenoxy) is 1. The Bertz CT molecular complexity index is 1510. The topological polar surface area (TPSA) is 135 Å². The summed E-state index contributed by atoms with van der Waals surface area (Å²) in [6, 6.07) is 12.3. The van der Waals surface area contributed by atoms with Gasteiger partial charge in [-0.15, -0.1) is 0 Å². The van der Waals surface area contributed by atoms with Gasteiger partial charge in [-0.3, -0.25) is 0 Å². The number of carbonyl (C=O) groups is 2. The fourth-order valence-electron chi connectivity index (χ4n) is 3.22. The van der Waals surface area contributed by atoms with E-state index >= 15 is 0 Å². The number of aromatic carboxylic acids is 2. The average Bonchev–Trinajstić information content (AvgIpc) is 2.83. The number of carboxylic acids is 2. The van der Waals surface area contributed by atoms with Gasteiger partial charge in [-0.2, -0.15) is 4.39 Å². The standard InChI is InChI=1S/C14H13ClN2O3.C12H8ClFN2O2.2H2/c1-3-20-12-7-8(2)6-11(16-12)10-5-4-9(14(18)19)13(15)17-10;1-6-4-9(15-10(14)5-6)8-3-2-7(12(17)18)11(13)16-8;;/h4-7H,3H2,1-2H3,(H,18,19);2-5H,1H3,(H,17,18);2*1H. The summed E-state index contributed by atoms with van der Waals surface area (Å²) in [5.41, 5.74) is 3.26. The normalized spacial score (nSPS) is 10.4. The van der Waals surface area contributed by atoms with Crippen molar-refractivity contribution in [2.45, 2.75) is 20.8 Å². The van der Waals surface area contributed by atoms with E-state index in [4.69, 9.17) is 38.2 Å². The number of aryl methyl sites for hydroxylation is 2. The molecule has 0 saturated heterocycles. The van der Waals surface area contributed by atoms with Crippen LogP contribution in [0.1, 0.15) is 41.6 Å². The van der Waals surface area contributed by atoms with Crippen molar-refractivity contribution in [3.05, 3.63) is 87.0 Å². The molecule has 0 bridgehead atoms. The van der Waals surface area contributed by atoms with Crippen LogP contribution in [0.3, 0.4) is 0 Å². The van der Waals surface area contributed by atoms with Gasteiger partial charge in [-0.1, -0.05) is 23.2 Å². The van der Waals surface area contributed by atoms with E-state index in [1.54, 1.807) is 19.1 Å². The van der Waals surface area contributed by atoms with Crippen LogP contribution in [0.5, 0.6) is 5.88 Å². The Hall–Kier alpha value is -4.15. The Balaban J connectivity index is 0.000000383. The quantitative estimate of drug-likeness (QED) is 0.248. The Morgan fingerprint density at radius 3 is 1.68 bits per heavy atom. The van der Waals surface area contributed by atoms with Gasteiger partial charge in [0.15, 0.2) is 0 Å². The van der Waals surface area contributed by atoms with E-state index in [2.05, 4.69) is 19.9 Å². The molecule has 0 aliphatic carbocycles. The largest absolute Gasteiger partial charge is 0.478 e. The first-order chi connectivity index (χ1) is 18.0. The molecule has 4 aromatic rings. The summed E-state index contributed by atoms with van der Waals surface area (Å²) in [4.78, 5) is 37.7. The molecule has 0 unspecified atom stereocenters. The van der Waals surface area contributed by atoms with Gasteiger partial charge in [0.25, 0.3) is 0 Å². The molecule has 0 fully saturated rings. The highest BCUT2D eigenvalue weighted by Crippen LogP contribution is 2.24. The SMILES string of the molecule is CCOc1cc(C)cc(-c2ccc(C(=O)O)c(Cl)n2)n1.Cc1cc(F)nc(-c2ccc(C(=O)O)c(Cl)n2)c1.[HH].[HH]. The minimum Gasteiger partial charge on any atom is -0.478 e. The zero-order valence-corrected chi connectivity index (χ0v) is 21.9. The highest BCUT2D eigenvalue weighted by Gasteiger charge is 2.14. The van der Waals surface area contributed by atoms with Crippen LogP contribution in [0.25, 0.3) is 22.8 Å². The number of pyridine rings is 4. The molecule has 0 radical (unpaired) electrons. The summed E-state index contributed by atoms with van der Waals surface area (Å²) in [5.74, 6) is -2.39. The molecule has 9 nitrogen and oxygen atoms in total. The van der Waals surface area contributed by atoms with Gasteiger partial charge in [-0.25, -0.2) is 29.5 Å². The maximum absolute atomic E-state index is 13.2. The van der Waals surface area contributed by atoms with Crippen LogP contribution in [0.2, 0.25) is 10.3 Å². The van der Waals surface area contributed by atoms with Crippen LogP contribution < -0.4 is 4.74 Å². The molecule has 4 rings (SSSR count). The molecular weight excluding hydrogens is 538 g/mol. The first-order valence-electron chi connectivity index (χ1n) is 11.0. The number of rotatable bonds is 6. The summed E-state index contributed by atoms with van der Waals surface area (Å²) in [6.07, 6.45) is 0. The number of aromatic nitrogens is 4. The van der Waals surface area contributed by atoms with Gasteiger partial charge < -0.3 is 14.9 Å². The zero-order valence-electron chi connectivity index (χ0n) is 20.4. The first-order valence-corrected chi connectivity index (χ1v) is 11.8. The van der Waals surface area contributed by atoms with E-state index in [-0.39, 0.29) is 24.3 Å². The third kappa shape index (κ3) is 7.21. The summed E-state index contributed by atoms with van der Waals surface area (Å²) in [6.45, 7) is 6.03. The van der Waals surface area contributed by atoms with Crippen molar-refractivity contribution in [3.63, 3.8) is 0 Å². The molecule has 2 N–H and O–H groups in total. The fourth-order valence-corrected chi connectivity index (χ4v) is 3.69. The van der Waals surface area contributed by atoms with Crippen molar-refractivity contribution in [2.24, 2.45) is 0 Å². The number of halogens is 3. The number of hydrogen-bond donors (Lipinski definition) is 2. The lowest BCUT2D eigenvalue weighted by Gasteiger charge is -2.07. The van der Waals surface area contributed by atoms with Gasteiger partial charge in [-0.05, 0) is 74.4 Å². The van der Waals surface area contributed by atoms with Gasteiger partial charge >= 0.3 is 11.9 Å². The summed E-state index contributed by atoms with van der Waals surface area (Å²) < 4.78 is 18.5. The third-order valence-corrected chi connectivity index (χ3v) is 5.44. The van der Waals surface area contributed by atoms with Crippen LogP contribution in [-0.2, 0) is 0 Å². The Morgan fingerprint density at radius 2 is 1.26 bits per heavy atom. The van der Waals surface area contributed by atoms with Crippen molar-refractivity contribution < 1.29 is 31.8 Å². The van der Waals surface area contributed by atoms with Crippen LogP contribution >= 0.6 is 23.2 Å². The maximum atomic E-state index is 13.2. The molecule has 0 atom stereocenters. The Kier molecular flexibility index (Phi) is 9.27. The average molecular weight is 563 g/mol. The lowest BCUT2D eigenvalue weighted by atomic mass is 10.1. The summed E-state index contributed by atoms with van der Waals surface area (Å²) >= 11 is 11.6.